The van der Waals surface area contributed by atoms with E-state index in [1.807, 2.05) is 39.0 Å². The molecule has 4 N–H and O–H groups in total. The zero-order chi connectivity index (χ0) is 13.3. The molecule has 2 aromatic heterocycles. The predicted molar refractivity (Wildman–Crippen MR) is 73.1 cm³/mol. The van der Waals surface area contributed by atoms with Crippen LogP contribution in [0.2, 0.25) is 0 Å². The van der Waals surface area contributed by atoms with Crippen LogP contribution in [0.3, 0.4) is 0 Å². The van der Waals surface area contributed by atoms with Crippen LogP contribution in [0.25, 0.3) is 0 Å². The first-order chi connectivity index (χ1) is 8.47. The molecule has 0 saturated heterocycles. The van der Waals surface area contributed by atoms with Gasteiger partial charge in [-0.25, -0.2) is 4.98 Å². The molecule has 0 aliphatic carbocycles. The summed E-state index contributed by atoms with van der Waals surface area (Å²) in [7, 11) is 0. The first-order valence-corrected chi connectivity index (χ1v) is 5.90. The summed E-state index contributed by atoms with van der Waals surface area (Å²) < 4.78 is 0. The average Bonchev–Trinajstić information content (AvgIpc) is 2.30. The van der Waals surface area contributed by atoms with Crippen molar-refractivity contribution in [1.29, 1.82) is 0 Å². The van der Waals surface area contributed by atoms with Crippen LogP contribution in [0.4, 0.5) is 5.82 Å². The van der Waals surface area contributed by atoms with Gasteiger partial charge in [-0.1, -0.05) is 0 Å². The van der Waals surface area contributed by atoms with E-state index in [-0.39, 0.29) is 6.04 Å². The smallest absolute Gasteiger partial charge is 0.128 e. The molecule has 1 atom stereocenters. The van der Waals surface area contributed by atoms with E-state index >= 15 is 0 Å². The quantitative estimate of drug-likeness (QED) is 0.844. The van der Waals surface area contributed by atoms with Gasteiger partial charge in [-0.05, 0) is 50.1 Å². The molecule has 0 bridgehead atoms. The van der Waals surface area contributed by atoms with E-state index in [4.69, 9.17) is 11.5 Å². The highest BCUT2D eigenvalue weighted by molar-refractivity contribution is 5.47. The SMILES string of the molecule is Cc1cnc(N)c(C(N)c2cc(C)nc(C)c2)c1. The van der Waals surface area contributed by atoms with E-state index in [0.29, 0.717) is 5.82 Å². The zero-order valence-electron chi connectivity index (χ0n) is 10.9. The first kappa shape index (κ1) is 12.5. The van der Waals surface area contributed by atoms with Crippen molar-refractivity contribution in [3.05, 3.63) is 52.5 Å². The van der Waals surface area contributed by atoms with Crippen molar-refractivity contribution in [1.82, 2.24) is 9.97 Å². The summed E-state index contributed by atoms with van der Waals surface area (Å²) in [5.41, 5.74) is 17.0. The molecule has 18 heavy (non-hydrogen) atoms. The number of rotatable bonds is 2. The number of aromatic nitrogens is 2. The van der Waals surface area contributed by atoms with Crippen molar-refractivity contribution in [3.8, 4) is 0 Å². The van der Waals surface area contributed by atoms with E-state index in [9.17, 15) is 0 Å². The second kappa shape index (κ2) is 4.74. The number of aryl methyl sites for hydroxylation is 3. The minimum Gasteiger partial charge on any atom is -0.383 e. The van der Waals surface area contributed by atoms with Gasteiger partial charge in [0.2, 0.25) is 0 Å². The van der Waals surface area contributed by atoms with Crippen LogP contribution >= 0.6 is 0 Å². The molecule has 1 unspecified atom stereocenters. The second-order valence-corrected chi connectivity index (χ2v) is 4.65. The highest BCUT2D eigenvalue weighted by atomic mass is 14.8. The number of pyridine rings is 2. The van der Waals surface area contributed by atoms with Gasteiger partial charge < -0.3 is 11.5 Å². The minimum absolute atomic E-state index is 0.266. The molecule has 0 aliphatic heterocycles. The Morgan fingerprint density at radius 2 is 1.67 bits per heavy atom. The molecule has 0 spiro atoms. The average molecular weight is 242 g/mol. The molecule has 0 radical (unpaired) electrons. The molecule has 2 aromatic rings. The molecule has 0 saturated carbocycles. The Morgan fingerprint density at radius 1 is 1.06 bits per heavy atom. The van der Waals surface area contributed by atoms with Crippen LogP contribution in [-0.2, 0) is 0 Å². The van der Waals surface area contributed by atoms with E-state index in [2.05, 4.69) is 9.97 Å². The summed E-state index contributed by atoms with van der Waals surface area (Å²) in [6, 6.07) is 5.69. The standard InChI is InChI=1S/C14H18N4/c1-8-4-12(14(16)17-7-8)13(15)11-5-9(2)18-10(3)6-11/h4-7,13H,15H2,1-3H3,(H2,16,17). The Balaban J connectivity index is 2.47. The molecule has 2 heterocycles. The number of nitrogens with zero attached hydrogens (tertiary/aromatic N) is 2. The maximum Gasteiger partial charge on any atom is 0.128 e. The normalized spacial score (nSPS) is 12.4. The third kappa shape index (κ3) is 2.49. The van der Waals surface area contributed by atoms with Crippen LogP contribution in [-0.4, -0.2) is 9.97 Å². The van der Waals surface area contributed by atoms with E-state index in [0.717, 1.165) is 28.1 Å². The summed E-state index contributed by atoms with van der Waals surface area (Å²) in [5, 5.41) is 0. The zero-order valence-corrected chi connectivity index (χ0v) is 10.9. The van der Waals surface area contributed by atoms with Gasteiger partial charge in [0, 0.05) is 23.1 Å². The number of nitrogen functional groups attached to an aromatic ring is 1. The van der Waals surface area contributed by atoms with Gasteiger partial charge in [-0.3, -0.25) is 4.98 Å². The predicted octanol–water partition coefficient (Wildman–Crippen LogP) is 2.03. The van der Waals surface area contributed by atoms with E-state index in [1.165, 1.54) is 0 Å². The van der Waals surface area contributed by atoms with Crippen molar-refractivity contribution >= 4 is 5.82 Å². The molecule has 94 valence electrons. The van der Waals surface area contributed by atoms with Crippen LogP contribution in [0.1, 0.15) is 34.1 Å². The highest BCUT2D eigenvalue weighted by Gasteiger charge is 2.14. The van der Waals surface area contributed by atoms with E-state index < -0.39 is 0 Å². The Hall–Kier alpha value is -1.94. The second-order valence-electron chi connectivity index (χ2n) is 4.65. The highest BCUT2D eigenvalue weighted by Crippen LogP contribution is 2.24. The number of anilines is 1. The molecule has 4 nitrogen and oxygen atoms in total. The molecule has 0 amide bonds. The van der Waals surface area contributed by atoms with Crippen molar-refractivity contribution in [2.45, 2.75) is 26.8 Å². The van der Waals surface area contributed by atoms with Crippen molar-refractivity contribution in [2.24, 2.45) is 5.73 Å². The fraction of sp³-hybridized carbons (Fsp3) is 0.286. The van der Waals surface area contributed by atoms with Gasteiger partial charge in [0.25, 0.3) is 0 Å². The van der Waals surface area contributed by atoms with Crippen molar-refractivity contribution in [2.75, 3.05) is 5.73 Å². The summed E-state index contributed by atoms with van der Waals surface area (Å²) in [6.07, 6.45) is 1.74. The molecular formula is C14H18N4. The maximum atomic E-state index is 6.28. The van der Waals surface area contributed by atoms with Gasteiger partial charge in [0.1, 0.15) is 5.82 Å². The van der Waals surface area contributed by atoms with Crippen LogP contribution < -0.4 is 11.5 Å². The molecule has 4 heteroatoms. The number of nitrogens with two attached hydrogens (primary N) is 2. The van der Waals surface area contributed by atoms with Gasteiger partial charge in [-0.2, -0.15) is 0 Å². The van der Waals surface area contributed by atoms with E-state index in [1.54, 1.807) is 6.20 Å². The monoisotopic (exact) mass is 242 g/mol. The topological polar surface area (TPSA) is 77.8 Å². The van der Waals surface area contributed by atoms with Crippen LogP contribution in [0.5, 0.6) is 0 Å². The Bertz CT molecular complexity index is 558. The summed E-state index contributed by atoms with van der Waals surface area (Å²) in [6.45, 7) is 5.90. The van der Waals surface area contributed by atoms with Gasteiger partial charge in [-0.15, -0.1) is 0 Å². The maximum absolute atomic E-state index is 6.28. The molecule has 0 aliphatic rings. The molecule has 0 aromatic carbocycles. The van der Waals surface area contributed by atoms with Gasteiger partial charge in [0.05, 0.1) is 6.04 Å². The minimum atomic E-state index is -0.266. The third-order valence-corrected chi connectivity index (χ3v) is 2.88. The summed E-state index contributed by atoms with van der Waals surface area (Å²) in [4.78, 5) is 8.50. The Kier molecular flexibility index (Phi) is 3.30. The third-order valence-electron chi connectivity index (χ3n) is 2.88. The number of hydrogen-bond donors (Lipinski definition) is 2. The van der Waals surface area contributed by atoms with Gasteiger partial charge in [0.15, 0.2) is 0 Å². The van der Waals surface area contributed by atoms with Crippen LogP contribution in [0, 0.1) is 20.8 Å². The lowest BCUT2D eigenvalue weighted by molar-refractivity contribution is 0.854. The summed E-state index contributed by atoms with van der Waals surface area (Å²) >= 11 is 0. The summed E-state index contributed by atoms with van der Waals surface area (Å²) in [5.74, 6) is 0.486. The fourth-order valence-electron chi connectivity index (χ4n) is 2.08. The first-order valence-electron chi connectivity index (χ1n) is 5.90. The molecular weight excluding hydrogens is 224 g/mol. The van der Waals surface area contributed by atoms with Crippen molar-refractivity contribution in [3.63, 3.8) is 0 Å². The molecule has 2 rings (SSSR count). The largest absolute Gasteiger partial charge is 0.383 e. The number of hydrogen-bond acceptors (Lipinski definition) is 4. The Labute approximate surface area is 107 Å². The van der Waals surface area contributed by atoms with Crippen LogP contribution in [0.15, 0.2) is 24.4 Å². The lowest BCUT2D eigenvalue weighted by Crippen LogP contribution is -2.15. The lowest BCUT2D eigenvalue weighted by atomic mass is 9.98. The van der Waals surface area contributed by atoms with Crippen molar-refractivity contribution < 1.29 is 0 Å². The molecule has 0 fully saturated rings. The lowest BCUT2D eigenvalue weighted by Gasteiger charge is -2.16. The Morgan fingerprint density at radius 3 is 2.28 bits per heavy atom. The fourth-order valence-corrected chi connectivity index (χ4v) is 2.08. The van der Waals surface area contributed by atoms with Gasteiger partial charge >= 0.3 is 0 Å².